The Morgan fingerprint density at radius 3 is 2.26 bits per heavy atom. The van der Waals surface area contributed by atoms with Crippen LogP contribution in [-0.2, 0) is 25.6 Å². The molecule has 0 aliphatic heterocycles. The molecule has 0 radical (unpaired) electrons. The molecule has 34 heavy (non-hydrogen) atoms. The molecule has 0 aromatic heterocycles. The maximum Gasteiger partial charge on any atom is 0.338 e. The highest BCUT2D eigenvalue weighted by Crippen LogP contribution is 2.24. The molecule has 0 unspecified atom stereocenters. The standard InChI is InChI=1S/C27H34N2O5/c1-2-3-14-32-24-9-11-25(12-10-24)34-27(31)21-7-4-19(5-8-21)6-13-26(30)33-18-20-15-22(28)17-23(29)16-20/h4-8,13,15-17,24-25H,2-3,9-12,14,18,28-29H2,1H3/b13-6+. The van der Waals surface area contributed by atoms with E-state index in [2.05, 4.69) is 6.92 Å². The fourth-order valence-electron chi connectivity index (χ4n) is 3.86. The van der Waals surface area contributed by atoms with Crippen molar-refractivity contribution in [1.29, 1.82) is 0 Å². The normalized spacial score (nSPS) is 18.0. The smallest absolute Gasteiger partial charge is 0.338 e. The Kier molecular flexibility index (Phi) is 9.52. The minimum Gasteiger partial charge on any atom is -0.459 e. The Balaban J connectivity index is 1.42. The van der Waals surface area contributed by atoms with Crippen LogP contribution in [0.15, 0.2) is 48.5 Å². The third kappa shape index (κ3) is 8.23. The molecular formula is C27H34N2O5. The molecule has 0 heterocycles. The van der Waals surface area contributed by atoms with Crippen LogP contribution in [0.1, 0.15) is 66.9 Å². The summed E-state index contributed by atoms with van der Waals surface area (Å²) in [6.45, 7) is 3.04. The number of esters is 2. The predicted molar refractivity (Wildman–Crippen MR) is 133 cm³/mol. The van der Waals surface area contributed by atoms with Crippen molar-refractivity contribution in [3.05, 3.63) is 65.2 Å². The minimum absolute atomic E-state index is 0.0665. The fourth-order valence-corrected chi connectivity index (χ4v) is 3.86. The van der Waals surface area contributed by atoms with E-state index >= 15 is 0 Å². The summed E-state index contributed by atoms with van der Waals surface area (Å²) in [5.74, 6) is -0.814. The highest BCUT2D eigenvalue weighted by molar-refractivity contribution is 5.90. The Labute approximate surface area is 201 Å². The van der Waals surface area contributed by atoms with Gasteiger partial charge in [0.05, 0.1) is 11.7 Å². The second-order valence-electron chi connectivity index (χ2n) is 8.60. The minimum atomic E-state index is -0.487. The zero-order chi connectivity index (χ0) is 24.3. The lowest BCUT2D eigenvalue weighted by Gasteiger charge is -2.28. The molecule has 3 rings (SSSR count). The summed E-state index contributed by atoms with van der Waals surface area (Å²) in [5.41, 5.74) is 14.5. The summed E-state index contributed by atoms with van der Waals surface area (Å²) in [5, 5.41) is 0. The maximum atomic E-state index is 12.5. The molecule has 0 bridgehead atoms. The van der Waals surface area contributed by atoms with Crippen molar-refractivity contribution in [1.82, 2.24) is 0 Å². The summed E-state index contributed by atoms with van der Waals surface area (Å²) in [7, 11) is 0. The first-order chi connectivity index (χ1) is 16.4. The third-order valence-corrected chi connectivity index (χ3v) is 5.72. The number of hydrogen-bond donors (Lipinski definition) is 2. The third-order valence-electron chi connectivity index (χ3n) is 5.72. The summed E-state index contributed by atoms with van der Waals surface area (Å²) < 4.78 is 16.8. The predicted octanol–water partition coefficient (Wildman–Crippen LogP) is 4.89. The van der Waals surface area contributed by atoms with Crippen LogP contribution in [0, 0.1) is 0 Å². The first-order valence-electron chi connectivity index (χ1n) is 11.9. The van der Waals surface area contributed by atoms with Crippen LogP contribution in [0.5, 0.6) is 0 Å². The van der Waals surface area contributed by atoms with Crippen LogP contribution >= 0.6 is 0 Å². The maximum absolute atomic E-state index is 12.5. The molecule has 2 aromatic carbocycles. The molecular weight excluding hydrogens is 432 g/mol. The Bertz CT molecular complexity index is 959. The van der Waals surface area contributed by atoms with Crippen molar-refractivity contribution in [3.8, 4) is 0 Å². The van der Waals surface area contributed by atoms with Gasteiger partial charge in [0.2, 0.25) is 0 Å². The van der Waals surface area contributed by atoms with Crippen LogP contribution in [0.3, 0.4) is 0 Å². The molecule has 1 aliphatic rings. The molecule has 7 nitrogen and oxygen atoms in total. The van der Waals surface area contributed by atoms with Gasteiger partial charge in [-0.3, -0.25) is 0 Å². The van der Waals surface area contributed by atoms with Gasteiger partial charge in [-0.15, -0.1) is 0 Å². The molecule has 0 spiro atoms. The number of hydrogen-bond acceptors (Lipinski definition) is 7. The number of nitrogens with two attached hydrogens (primary N) is 2. The van der Waals surface area contributed by atoms with E-state index in [4.69, 9.17) is 25.7 Å². The van der Waals surface area contributed by atoms with Crippen molar-refractivity contribution in [2.45, 2.75) is 64.3 Å². The van der Waals surface area contributed by atoms with Gasteiger partial charge in [-0.25, -0.2) is 9.59 Å². The van der Waals surface area contributed by atoms with E-state index in [9.17, 15) is 9.59 Å². The molecule has 4 N–H and O–H groups in total. The van der Waals surface area contributed by atoms with Gasteiger partial charge < -0.3 is 25.7 Å². The van der Waals surface area contributed by atoms with Crippen LogP contribution in [0.4, 0.5) is 11.4 Å². The quantitative estimate of drug-likeness (QED) is 0.222. The zero-order valence-electron chi connectivity index (χ0n) is 19.7. The average Bonchev–Trinajstić information content (AvgIpc) is 2.82. The molecule has 2 aromatic rings. The van der Waals surface area contributed by atoms with Crippen molar-refractivity contribution in [2.75, 3.05) is 18.1 Å². The Hall–Kier alpha value is -3.32. The molecule has 1 aliphatic carbocycles. The number of carbonyl (C=O) groups excluding carboxylic acids is 2. The van der Waals surface area contributed by atoms with Gasteiger partial charge >= 0.3 is 11.9 Å². The van der Waals surface area contributed by atoms with Gasteiger partial charge in [0.25, 0.3) is 0 Å². The number of nitrogen functional groups attached to an aromatic ring is 2. The van der Waals surface area contributed by atoms with Gasteiger partial charge in [-0.05, 0) is 79.6 Å². The molecule has 1 fully saturated rings. The summed E-state index contributed by atoms with van der Waals surface area (Å²) in [4.78, 5) is 24.5. The highest BCUT2D eigenvalue weighted by atomic mass is 16.5. The molecule has 7 heteroatoms. The van der Waals surface area contributed by atoms with E-state index in [0.717, 1.165) is 56.3 Å². The van der Waals surface area contributed by atoms with E-state index in [1.165, 1.54) is 6.08 Å². The van der Waals surface area contributed by atoms with Gasteiger partial charge in [0.1, 0.15) is 12.7 Å². The first-order valence-corrected chi connectivity index (χ1v) is 11.9. The second kappa shape index (κ2) is 12.8. The number of ether oxygens (including phenoxy) is 3. The number of anilines is 2. The van der Waals surface area contributed by atoms with Gasteiger partial charge in [0, 0.05) is 24.1 Å². The molecule has 0 amide bonds. The fraction of sp³-hybridized carbons (Fsp3) is 0.407. The van der Waals surface area contributed by atoms with Gasteiger partial charge in [-0.1, -0.05) is 25.5 Å². The van der Waals surface area contributed by atoms with Gasteiger partial charge in [-0.2, -0.15) is 0 Å². The molecule has 0 atom stereocenters. The largest absolute Gasteiger partial charge is 0.459 e. The number of benzene rings is 2. The van der Waals surface area contributed by atoms with Crippen molar-refractivity contribution in [3.63, 3.8) is 0 Å². The lowest BCUT2D eigenvalue weighted by atomic mass is 9.95. The summed E-state index contributed by atoms with van der Waals surface area (Å²) in [6, 6.07) is 12.0. The number of carbonyl (C=O) groups is 2. The lowest BCUT2D eigenvalue weighted by molar-refractivity contribution is -0.138. The van der Waals surface area contributed by atoms with E-state index in [0.29, 0.717) is 16.9 Å². The van der Waals surface area contributed by atoms with Crippen molar-refractivity contribution >= 4 is 29.4 Å². The average molecular weight is 467 g/mol. The van der Waals surface area contributed by atoms with Gasteiger partial charge in [0.15, 0.2) is 0 Å². The van der Waals surface area contributed by atoms with E-state index in [1.807, 2.05) is 0 Å². The monoisotopic (exact) mass is 466 g/mol. The molecule has 182 valence electrons. The van der Waals surface area contributed by atoms with Crippen LogP contribution in [0.2, 0.25) is 0 Å². The SMILES string of the molecule is CCCCOC1CCC(OC(=O)c2ccc(/C=C/C(=O)OCc3cc(N)cc(N)c3)cc2)CC1. The molecule has 0 saturated heterocycles. The topological polar surface area (TPSA) is 114 Å². The van der Waals surface area contributed by atoms with E-state index in [1.54, 1.807) is 48.5 Å². The van der Waals surface area contributed by atoms with Crippen LogP contribution in [-0.4, -0.2) is 30.8 Å². The summed E-state index contributed by atoms with van der Waals surface area (Å²) in [6.07, 6.45) is 8.90. The number of rotatable bonds is 10. The van der Waals surface area contributed by atoms with Crippen LogP contribution in [0.25, 0.3) is 6.08 Å². The number of unbranched alkanes of at least 4 members (excludes halogenated alkanes) is 1. The summed E-state index contributed by atoms with van der Waals surface area (Å²) >= 11 is 0. The highest BCUT2D eigenvalue weighted by Gasteiger charge is 2.24. The van der Waals surface area contributed by atoms with E-state index in [-0.39, 0.29) is 24.8 Å². The van der Waals surface area contributed by atoms with Crippen LogP contribution < -0.4 is 11.5 Å². The zero-order valence-corrected chi connectivity index (χ0v) is 19.7. The van der Waals surface area contributed by atoms with E-state index < -0.39 is 5.97 Å². The molecule has 1 saturated carbocycles. The van der Waals surface area contributed by atoms with Crippen molar-refractivity contribution < 1.29 is 23.8 Å². The lowest BCUT2D eigenvalue weighted by Crippen LogP contribution is -2.28. The first kappa shape index (κ1) is 25.3. The van der Waals surface area contributed by atoms with Crippen molar-refractivity contribution in [2.24, 2.45) is 0 Å². The Morgan fingerprint density at radius 2 is 1.62 bits per heavy atom. The second-order valence-corrected chi connectivity index (χ2v) is 8.60. The Morgan fingerprint density at radius 1 is 0.971 bits per heavy atom.